The molecule has 0 rings (SSSR count). The van der Waals surface area contributed by atoms with Crippen LogP contribution in [0.3, 0.4) is 0 Å². The molecule has 0 unspecified atom stereocenters. The van der Waals surface area contributed by atoms with E-state index in [0.29, 0.717) is 0 Å². The van der Waals surface area contributed by atoms with Gasteiger partial charge in [0.2, 0.25) is 9.04 Å². The molecule has 0 saturated heterocycles. The molecule has 0 aromatic rings. The van der Waals surface area contributed by atoms with Gasteiger partial charge in [0.25, 0.3) is 0 Å². The summed E-state index contributed by atoms with van der Waals surface area (Å²) in [5, 5.41) is 0. The first-order chi connectivity index (χ1) is 5.09. The summed E-state index contributed by atoms with van der Waals surface area (Å²) in [5.41, 5.74) is 1.48. The van der Waals surface area contributed by atoms with Crippen molar-refractivity contribution in [3.05, 3.63) is 0 Å². The highest BCUT2D eigenvalue weighted by atomic mass is 28.3. The summed E-state index contributed by atoms with van der Waals surface area (Å²) >= 11 is 0. The zero-order chi connectivity index (χ0) is 8.85. The Balaban J connectivity index is 3.70. The van der Waals surface area contributed by atoms with Gasteiger partial charge in [0.1, 0.15) is 0 Å². The average Bonchev–Trinajstić information content (AvgIpc) is 1.87. The second-order valence-electron chi connectivity index (χ2n) is 3.56. The van der Waals surface area contributed by atoms with Crippen LogP contribution in [0.5, 0.6) is 0 Å². The van der Waals surface area contributed by atoms with E-state index < -0.39 is 9.04 Å². The third-order valence-corrected chi connectivity index (χ3v) is 4.42. The maximum absolute atomic E-state index is 5.82. The van der Waals surface area contributed by atoms with E-state index in [4.69, 9.17) is 4.43 Å². The highest BCUT2D eigenvalue weighted by molar-refractivity contribution is 6.54. The standard InChI is InChI=1S/C9H21OSi/c1-6-7-10-11(8(2)3)9(4)5/h8-9H,6-7H2,1-5H3. The van der Waals surface area contributed by atoms with E-state index in [9.17, 15) is 0 Å². The van der Waals surface area contributed by atoms with E-state index >= 15 is 0 Å². The minimum atomic E-state index is -0.541. The Morgan fingerprint density at radius 1 is 1.09 bits per heavy atom. The van der Waals surface area contributed by atoms with Crippen molar-refractivity contribution in [1.82, 2.24) is 0 Å². The van der Waals surface area contributed by atoms with Crippen LogP contribution in [0.15, 0.2) is 0 Å². The Kier molecular flexibility index (Phi) is 5.87. The molecule has 0 spiro atoms. The quantitative estimate of drug-likeness (QED) is 0.580. The first-order valence-electron chi connectivity index (χ1n) is 4.59. The molecule has 0 aliphatic heterocycles. The molecule has 0 heterocycles. The van der Waals surface area contributed by atoms with Crippen molar-refractivity contribution in [2.75, 3.05) is 6.61 Å². The highest BCUT2D eigenvalue weighted by Crippen LogP contribution is 2.20. The van der Waals surface area contributed by atoms with Gasteiger partial charge in [-0.2, -0.15) is 0 Å². The molecule has 67 valence electrons. The van der Waals surface area contributed by atoms with Crippen LogP contribution in [0.4, 0.5) is 0 Å². The lowest BCUT2D eigenvalue weighted by atomic mass is 10.5. The fourth-order valence-corrected chi connectivity index (χ4v) is 3.66. The van der Waals surface area contributed by atoms with Gasteiger partial charge in [-0.3, -0.25) is 0 Å². The number of rotatable bonds is 5. The van der Waals surface area contributed by atoms with Gasteiger partial charge in [0.15, 0.2) is 0 Å². The van der Waals surface area contributed by atoms with Gasteiger partial charge in [-0.15, -0.1) is 0 Å². The first-order valence-corrected chi connectivity index (χ1v) is 6.15. The smallest absolute Gasteiger partial charge is 0.216 e. The summed E-state index contributed by atoms with van der Waals surface area (Å²) in [6.45, 7) is 12.2. The molecule has 0 aromatic carbocycles. The monoisotopic (exact) mass is 173 g/mol. The van der Waals surface area contributed by atoms with Crippen molar-refractivity contribution < 1.29 is 4.43 Å². The SMILES string of the molecule is CCCO[Si](C(C)C)C(C)C. The molecule has 11 heavy (non-hydrogen) atoms. The lowest BCUT2D eigenvalue weighted by molar-refractivity contribution is 0.307. The molecule has 0 aliphatic carbocycles. The topological polar surface area (TPSA) is 9.23 Å². The minimum absolute atomic E-state index is 0.541. The van der Waals surface area contributed by atoms with Gasteiger partial charge in [-0.25, -0.2) is 0 Å². The van der Waals surface area contributed by atoms with Gasteiger partial charge in [-0.05, 0) is 17.5 Å². The Hall–Kier alpha value is 0.177. The summed E-state index contributed by atoms with van der Waals surface area (Å²) in [6, 6.07) is 0. The predicted octanol–water partition coefficient (Wildman–Crippen LogP) is 3.22. The molecule has 0 amide bonds. The Morgan fingerprint density at radius 3 is 1.82 bits per heavy atom. The van der Waals surface area contributed by atoms with E-state index in [1.807, 2.05) is 0 Å². The molecule has 0 bridgehead atoms. The van der Waals surface area contributed by atoms with Crippen molar-refractivity contribution in [1.29, 1.82) is 0 Å². The van der Waals surface area contributed by atoms with Crippen LogP contribution in [0.25, 0.3) is 0 Å². The second kappa shape index (κ2) is 5.78. The summed E-state index contributed by atoms with van der Waals surface area (Å²) in [5.74, 6) is 0. The fraction of sp³-hybridized carbons (Fsp3) is 1.00. The van der Waals surface area contributed by atoms with Crippen LogP contribution in [-0.4, -0.2) is 15.6 Å². The van der Waals surface area contributed by atoms with Gasteiger partial charge in [-0.1, -0.05) is 34.6 Å². The summed E-state index contributed by atoms with van der Waals surface area (Å²) in [6.07, 6.45) is 1.15. The van der Waals surface area contributed by atoms with Gasteiger partial charge >= 0.3 is 0 Å². The molecule has 1 nitrogen and oxygen atoms in total. The van der Waals surface area contributed by atoms with Crippen molar-refractivity contribution in [3.8, 4) is 0 Å². The lowest BCUT2D eigenvalue weighted by Crippen LogP contribution is -2.25. The minimum Gasteiger partial charge on any atom is -0.416 e. The van der Waals surface area contributed by atoms with Crippen molar-refractivity contribution in [2.24, 2.45) is 0 Å². The number of hydrogen-bond acceptors (Lipinski definition) is 1. The van der Waals surface area contributed by atoms with E-state index in [0.717, 1.165) is 24.1 Å². The summed E-state index contributed by atoms with van der Waals surface area (Å²) in [7, 11) is -0.541. The Bertz CT molecular complexity index is 83.6. The van der Waals surface area contributed by atoms with E-state index in [2.05, 4.69) is 34.6 Å². The molecular formula is C9H21OSi. The van der Waals surface area contributed by atoms with E-state index in [1.54, 1.807) is 0 Å². The zero-order valence-electron chi connectivity index (χ0n) is 8.48. The molecule has 1 radical (unpaired) electrons. The van der Waals surface area contributed by atoms with Crippen molar-refractivity contribution in [2.45, 2.75) is 52.1 Å². The molecule has 0 fully saturated rings. The third kappa shape index (κ3) is 4.59. The van der Waals surface area contributed by atoms with Crippen molar-refractivity contribution >= 4 is 9.04 Å². The Morgan fingerprint density at radius 2 is 1.55 bits per heavy atom. The maximum atomic E-state index is 5.82. The van der Waals surface area contributed by atoms with Crippen LogP contribution < -0.4 is 0 Å². The van der Waals surface area contributed by atoms with Crippen LogP contribution in [-0.2, 0) is 4.43 Å². The predicted molar refractivity (Wildman–Crippen MR) is 52.2 cm³/mol. The molecule has 0 aromatic heterocycles. The van der Waals surface area contributed by atoms with E-state index in [-0.39, 0.29) is 0 Å². The van der Waals surface area contributed by atoms with Crippen LogP contribution in [0, 0.1) is 0 Å². The lowest BCUT2D eigenvalue weighted by Gasteiger charge is -2.21. The van der Waals surface area contributed by atoms with Crippen molar-refractivity contribution in [3.63, 3.8) is 0 Å². The summed E-state index contributed by atoms with van der Waals surface area (Å²) in [4.78, 5) is 0. The largest absolute Gasteiger partial charge is 0.416 e. The highest BCUT2D eigenvalue weighted by Gasteiger charge is 2.21. The molecule has 0 atom stereocenters. The van der Waals surface area contributed by atoms with Gasteiger partial charge < -0.3 is 4.43 Å². The third-order valence-electron chi connectivity index (χ3n) is 1.61. The van der Waals surface area contributed by atoms with Gasteiger partial charge in [0.05, 0.1) is 0 Å². The van der Waals surface area contributed by atoms with E-state index in [1.165, 1.54) is 0 Å². The fourth-order valence-electron chi connectivity index (χ4n) is 1.22. The molecule has 2 heteroatoms. The summed E-state index contributed by atoms with van der Waals surface area (Å²) < 4.78 is 5.82. The van der Waals surface area contributed by atoms with Crippen LogP contribution >= 0.6 is 0 Å². The second-order valence-corrected chi connectivity index (χ2v) is 6.96. The molecular weight excluding hydrogens is 152 g/mol. The zero-order valence-corrected chi connectivity index (χ0v) is 9.48. The molecule has 0 saturated carbocycles. The van der Waals surface area contributed by atoms with Crippen LogP contribution in [0.1, 0.15) is 41.0 Å². The number of hydrogen-bond donors (Lipinski definition) is 0. The normalized spacial score (nSPS) is 12.0. The Labute approximate surface area is 72.9 Å². The van der Waals surface area contributed by atoms with Crippen LogP contribution in [0.2, 0.25) is 11.1 Å². The first kappa shape index (κ1) is 11.2. The molecule has 0 N–H and O–H groups in total. The maximum Gasteiger partial charge on any atom is 0.216 e. The van der Waals surface area contributed by atoms with Gasteiger partial charge in [0, 0.05) is 6.61 Å². The average molecular weight is 173 g/mol. The molecule has 0 aliphatic rings.